The first kappa shape index (κ1) is 19.0. The summed E-state index contributed by atoms with van der Waals surface area (Å²) in [4.78, 5) is 26.8. The van der Waals surface area contributed by atoms with Crippen LogP contribution in [0.15, 0.2) is 6.07 Å². The fraction of sp³-hybridized carbons (Fsp3) is 0.429. The number of nitrogens with two attached hydrogens (primary N) is 1. The summed E-state index contributed by atoms with van der Waals surface area (Å²) in [5.74, 6) is 3.67. The normalized spacial score (nSPS) is 19.4. The number of nitrogens with one attached hydrogen (secondary N) is 2. The Bertz CT molecular complexity index is 981. The summed E-state index contributed by atoms with van der Waals surface area (Å²) in [7, 11) is 0. The third-order valence-corrected chi connectivity index (χ3v) is 5.49. The lowest BCUT2D eigenvalue weighted by atomic mass is 9.79. The minimum absolute atomic E-state index is 0.0392. The number of primary amides is 1. The number of hydrogen-bond acceptors (Lipinski definition) is 2. The number of aromatic amines is 1. The maximum absolute atomic E-state index is 15.1. The van der Waals surface area contributed by atoms with Crippen molar-refractivity contribution >= 4 is 22.7 Å². The summed E-state index contributed by atoms with van der Waals surface area (Å²) in [6.45, 7) is 5.43. The standard InChI is InChI=1S/C21H24FN3O2/c1-4-6-17(26)25-14-8-5-7-13(9-14)19-16(22)10-15(21(23)27)20-18(19)11(2)12(3)24-20/h10,13-14,24H,5,7-9H2,1-3H3,(H2,23,27)(H,25,26)/t13-,14-/m0/s1. The lowest BCUT2D eigenvalue weighted by molar-refractivity contribution is -0.116. The highest BCUT2D eigenvalue weighted by Crippen LogP contribution is 2.40. The first-order valence-electron chi connectivity index (χ1n) is 9.17. The fourth-order valence-electron chi connectivity index (χ4n) is 4.17. The van der Waals surface area contributed by atoms with E-state index in [1.807, 2.05) is 13.8 Å². The molecule has 0 aliphatic heterocycles. The van der Waals surface area contributed by atoms with Crippen LogP contribution in [0.5, 0.6) is 0 Å². The van der Waals surface area contributed by atoms with E-state index in [4.69, 9.17) is 5.73 Å². The average molecular weight is 369 g/mol. The molecule has 6 heteroatoms. The lowest BCUT2D eigenvalue weighted by Crippen LogP contribution is -2.37. The monoisotopic (exact) mass is 369 g/mol. The van der Waals surface area contributed by atoms with Crippen LogP contribution in [0.1, 0.15) is 65.7 Å². The van der Waals surface area contributed by atoms with Crippen LogP contribution in [-0.2, 0) is 4.79 Å². The average Bonchev–Trinajstić information content (AvgIpc) is 2.90. The highest BCUT2D eigenvalue weighted by Gasteiger charge is 2.30. The van der Waals surface area contributed by atoms with Crippen molar-refractivity contribution in [2.75, 3.05) is 0 Å². The molecule has 2 amide bonds. The van der Waals surface area contributed by atoms with E-state index in [9.17, 15) is 9.59 Å². The summed E-state index contributed by atoms with van der Waals surface area (Å²) in [6.07, 6.45) is 3.21. The summed E-state index contributed by atoms with van der Waals surface area (Å²) >= 11 is 0. The van der Waals surface area contributed by atoms with Crippen LogP contribution in [0, 0.1) is 31.5 Å². The van der Waals surface area contributed by atoms with Gasteiger partial charge in [-0.3, -0.25) is 9.59 Å². The van der Waals surface area contributed by atoms with Gasteiger partial charge in [0, 0.05) is 22.7 Å². The number of carbonyl (C=O) groups is 2. The Morgan fingerprint density at radius 2 is 2.07 bits per heavy atom. The van der Waals surface area contributed by atoms with Gasteiger partial charge in [-0.05, 0) is 63.5 Å². The molecule has 1 heterocycles. The largest absolute Gasteiger partial charge is 0.366 e. The Kier molecular flexibility index (Phi) is 5.22. The summed E-state index contributed by atoms with van der Waals surface area (Å²) < 4.78 is 15.1. The predicted octanol–water partition coefficient (Wildman–Crippen LogP) is 3.19. The van der Waals surface area contributed by atoms with E-state index >= 15 is 4.39 Å². The maximum Gasteiger partial charge on any atom is 0.296 e. The molecule has 1 aliphatic rings. The Hall–Kier alpha value is -2.81. The van der Waals surface area contributed by atoms with Crippen molar-refractivity contribution in [1.82, 2.24) is 10.3 Å². The van der Waals surface area contributed by atoms with Gasteiger partial charge in [0.05, 0.1) is 11.1 Å². The predicted molar refractivity (Wildman–Crippen MR) is 103 cm³/mol. The SMILES string of the molecule is CC#CC(=O)N[C@H]1CCC[C@H](c2c(F)cc(C(N)=O)c3[nH]c(C)c(C)c23)C1. The van der Waals surface area contributed by atoms with E-state index < -0.39 is 11.7 Å². The van der Waals surface area contributed by atoms with Crippen LogP contribution >= 0.6 is 0 Å². The molecule has 27 heavy (non-hydrogen) atoms. The molecule has 2 atom stereocenters. The molecule has 4 N–H and O–H groups in total. The van der Waals surface area contributed by atoms with E-state index in [0.717, 1.165) is 35.9 Å². The quantitative estimate of drug-likeness (QED) is 0.726. The molecule has 1 fully saturated rings. The topological polar surface area (TPSA) is 88.0 Å². The first-order valence-corrected chi connectivity index (χ1v) is 9.17. The maximum atomic E-state index is 15.1. The van der Waals surface area contributed by atoms with Gasteiger partial charge >= 0.3 is 0 Å². The number of aryl methyl sites for hydroxylation is 2. The Morgan fingerprint density at radius 3 is 2.74 bits per heavy atom. The first-order chi connectivity index (χ1) is 12.8. The van der Waals surface area contributed by atoms with Gasteiger partial charge in [0.25, 0.3) is 11.8 Å². The van der Waals surface area contributed by atoms with Crippen LogP contribution in [0.4, 0.5) is 4.39 Å². The molecule has 142 valence electrons. The summed E-state index contributed by atoms with van der Waals surface area (Å²) in [5.41, 5.74) is 8.64. The van der Waals surface area contributed by atoms with Gasteiger partial charge in [-0.2, -0.15) is 0 Å². The molecular weight excluding hydrogens is 345 g/mol. The zero-order chi connectivity index (χ0) is 19.7. The van der Waals surface area contributed by atoms with Crippen molar-refractivity contribution in [3.05, 3.63) is 34.3 Å². The molecule has 1 saturated carbocycles. The van der Waals surface area contributed by atoms with Crippen molar-refractivity contribution in [2.45, 2.75) is 58.4 Å². The second kappa shape index (κ2) is 7.43. The second-order valence-corrected chi connectivity index (χ2v) is 7.22. The van der Waals surface area contributed by atoms with Crippen molar-refractivity contribution in [1.29, 1.82) is 0 Å². The van der Waals surface area contributed by atoms with Crippen molar-refractivity contribution in [3.63, 3.8) is 0 Å². The molecule has 2 aromatic rings. The summed E-state index contributed by atoms with van der Waals surface area (Å²) in [5, 5.41) is 3.66. The third-order valence-electron chi connectivity index (χ3n) is 5.49. The van der Waals surface area contributed by atoms with Gasteiger partial charge in [0.2, 0.25) is 0 Å². The number of rotatable bonds is 3. The molecule has 0 unspecified atom stereocenters. The van der Waals surface area contributed by atoms with Crippen LogP contribution in [-0.4, -0.2) is 22.8 Å². The van der Waals surface area contributed by atoms with Gasteiger partial charge in [0.15, 0.2) is 0 Å². The van der Waals surface area contributed by atoms with Crippen LogP contribution < -0.4 is 11.1 Å². The van der Waals surface area contributed by atoms with E-state index in [1.165, 1.54) is 6.07 Å². The lowest BCUT2D eigenvalue weighted by Gasteiger charge is -2.30. The molecule has 3 rings (SSSR count). The Labute approximate surface area is 157 Å². The number of amides is 2. The number of carbonyl (C=O) groups excluding carboxylic acids is 2. The van der Waals surface area contributed by atoms with Gasteiger partial charge in [-0.1, -0.05) is 12.3 Å². The molecule has 1 aliphatic carbocycles. The van der Waals surface area contributed by atoms with Crippen LogP contribution in [0.25, 0.3) is 10.9 Å². The highest BCUT2D eigenvalue weighted by molar-refractivity contribution is 6.07. The number of fused-ring (bicyclic) bond motifs is 1. The van der Waals surface area contributed by atoms with E-state index in [2.05, 4.69) is 22.1 Å². The van der Waals surface area contributed by atoms with Gasteiger partial charge in [-0.25, -0.2) is 4.39 Å². The van der Waals surface area contributed by atoms with E-state index in [0.29, 0.717) is 17.5 Å². The molecule has 0 spiro atoms. The number of H-pyrrole nitrogens is 1. The molecule has 0 radical (unpaired) electrons. The van der Waals surface area contributed by atoms with E-state index in [-0.39, 0.29) is 23.4 Å². The third kappa shape index (κ3) is 3.55. The Morgan fingerprint density at radius 1 is 1.33 bits per heavy atom. The highest BCUT2D eigenvalue weighted by atomic mass is 19.1. The molecule has 5 nitrogen and oxygen atoms in total. The minimum atomic E-state index is -0.654. The molecule has 1 aromatic heterocycles. The molecule has 1 aromatic carbocycles. The smallest absolute Gasteiger partial charge is 0.296 e. The fourth-order valence-corrected chi connectivity index (χ4v) is 4.17. The minimum Gasteiger partial charge on any atom is -0.366 e. The second-order valence-electron chi connectivity index (χ2n) is 7.22. The molecule has 0 saturated heterocycles. The van der Waals surface area contributed by atoms with E-state index in [1.54, 1.807) is 6.92 Å². The molecule has 0 bridgehead atoms. The van der Waals surface area contributed by atoms with Crippen LogP contribution in [0.3, 0.4) is 0 Å². The number of benzene rings is 1. The van der Waals surface area contributed by atoms with Gasteiger partial charge in [-0.15, -0.1) is 0 Å². The van der Waals surface area contributed by atoms with Gasteiger partial charge < -0.3 is 16.0 Å². The van der Waals surface area contributed by atoms with Crippen molar-refractivity contribution < 1.29 is 14.0 Å². The number of aromatic nitrogens is 1. The number of hydrogen-bond donors (Lipinski definition) is 3. The van der Waals surface area contributed by atoms with Crippen molar-refractivity contribution in [3.8, 4) is 11.8 Å². The zero-order valence-electron chi connectivity index (χ0n) is 15.8. The molecular formula is C21H24FN3O2. The zero-order valence-corrected chi connectivity index (χ0v) is 15.8. The van der Waals surface area contributed by atoms with Crippen LogP contribution in [0.2, 0.25) is 0 Å². The summed E-state index contributed by atoms with van der Waals surface area (Å²) in [6, 6.07) is 1.20. The Balaban J connectivity index is 2.04. The van der Waals surface area contributed by atoms with Crippen molar-refractivity contribution in [2.24, 2.45) is 5.73 Å². The number of halogens is 1. The van der Waals surface area contributed by atoms with Gasteiger partial charge in [0.1, 0.15) is 5.82 Å².